The molecule has 0 aromatic carbocycles. The predicted octanol–water partition coefficient (Wildman–Crippen LogP) is 0.197. The van der Waals surface area contributed by atoms with E-state index in [2.05, 4.69) is 9.46 Å². The van der Waals surface area contributed by atoms with Gasteiger partial charge >= 0.3 is 5.97 Å². The van der Waals surface area contributed by atoms with Crippen molar-refractivity contribution in [1.82, 2.24) is 4.72 Å². The van der Waals surface area contributed by atoms with Crippen LogP contribution in [0.2, 0.25) is 0 Å². The number of hydrogen-bond donors (Lipinski definition) is 2. The van der Waals surface area contributed by atoms with Crippen LogP contribution < -0.4 is 4.72 Å². The van der Waals surface area contributed by atoms with Crippen molar-refractivity contribution in [2.75, 3.05) is 26.0 Å². The van der Waals surface area contributed by atoms with Crippen molar-refractivity contribution in [1.29, 1.82) is 0 Å². The molecule has 0 saturated heterocycles. The molecule has 0 spiro atoms. The van der Waals surface area contributed by atoms with Gasteiger partial charge in [0.2, 0.25) is 10.0 Å². The van der Waals surface area contributed by atoms with Crippen molar-refractivity contribution in [2.24, 2.45) is 5.41 Å². The summed E-state index contributed by atoms with van der Waals surface area (Å²) in [6, 6.07) is 0. The van der Waals surface area contributed by atoms with Crippen LogP contribution in [0.15, 0.2) is 0 Å². The van der Waals surface area contributed by atoms with Gasteiger partial charge in [0.25, 0.3) is 0 Å². The minimum atomic E-state index is -3.44. The molecule has 0 atom stereocenters. The lowest BCUT2D eigenvalue weighted by Crippen LogP contribution is -2.42. The van der Waals surface area contributed by atoms with E-state index in [1.807, 2.05) is 0 Å². The van der Waals surface area contributed by atoms with Gasteiger partial charge < -0.3 is 9.84 Å². The monoisotopic (exact) mass is 265 g/mol. The van der Waals surface area contributed by atoms with Gasteiger partial charge in [-0.1, -0.05) is 12.8 Å². The Labute approximate surface area is 101 Å². The summed E-state index contributed by atoms with van der Waals surface area (Å²) in [5.41, 5.74) is -0.917. The second-order valence-electron chi connectivity index (χ2n) is 4.43. The first-order chi connectivity index (χ1) is 7.92. The Balaban J connectivity index is 2.56. The predicted molar refractivity (Wildman–Crippen MR) is 62.2 cm³/mol. The lowest BCUT2D eigenvalue weighted by atomic mass is 9.87. The Morgan fingerprint density at radius 3 is 2.47 bits per heavy atom. The summed E-state index contributed by atoms with van der Waals surface area (Å²) in [4.78, 5) is 11.2. The van der Waals surface area contributed by atoms with Crippen molar-refractivity contribution >= 4 is 16.0 Å². The van der Waals surface area contributed by atoms with Crippen molar-refractivity contribution in [2.45, 2.75) is 25.7 Å². The average molecular weight is 265 g/mol. The van der Waals surface area contributed by atoms with Crippen LogP contribution in [0.1, 0.15) is 25.7 Å². The van der Waals surface area contributed by atoms with Gasteiger partial charge in [-0.15, -0.1) is 0 Å². The lowest BCUT2D eigenvalue weighted by molar-refractivity contribution is -0.148. The van der Waals surface area contributed by atoms with Crippen LogP contribution in [0.5, 0.6) is 0 Å². The molecular formula is C10H19NO5S. The van der Waals surface area contributed by atoms with Gasteiger partial charge in [-0.05, 0) is 12.8 Å². The van der Waals surface area contributed by atoms with E-state index in [0.29, 0.717) is 12.8 Å². The van der Waals surface area contributed by atoms with E-state index in [9.17, 15) is 18.3 Å². The molecule has 0 aromatic heterocycles. The average Bonchev–Trinajstić information content (AvgIpc) is 2.74. The number of nitrogens with one attached hydrogen (secondary N) is 1. The van der Waals surface area contributed by atoms with Gasteiger partial charge in [0.15, 0.2) is 0 Å². The highest BCUT2D eigenvalue weighted by Gasteiger charge is 2.41. The largest absolute Gasteiger partial charge is 0.481 e. The number of carbonyl (C=O) groups is 1. The number of rotatable bonds is 7. The summed E-state index contributed by atoms with van der Waals surface area (Å²) in [6.07, 6.45) is 2.75. The molecule has 0 bridgehead atoms. The first-order valence-corrected chi connectivity index (χ1v) is 7.27. The van der Waals surface area contributed by atoms with E-state index >= 15 is 0 Å². The quantitative estimate of drug-likeness (QED) is 0.686. The number of hydrogen-bond acceptors (Lipinski definition) is 4. The molecule has 0 amide bonds. The third-order valence-corrected chi connectivity index (χ3v) is 4.49. The topological polar surface area (TPSA) is 92.7 Å². The smallest absolute Gasteiger partial charge is 0.310 e. The van der Waals surface area contributed by atoms with Gasteiger partial charge in [0, 0.05) is 13.7 Å². The van der Waals surface area contributed by atoms with Gasteiger partial charge in [-0.25, -0.2) is 13.1 Å². The van der Waals surface area contributed by atoms with Crippen molar-refractivity contribution in [3.8, 4) is 0 Å². The summed E-state index contributed by atoms with van der Waals surface area (Å²) < 4.78 is 30.1. The van der Waals surface area contributed by atoms with Gasteiger partial charge in [-0.3, -0.25) is 4.79 Å². The second-order valence-corrected chi connectivity index (χ2v) is 6.35. The Morgan fingerprint density at radius 2 is 2.00 bits per heavy atom. The Morgan fingerprint density at radius 1 is 1.41 bits per heavy atom. The summed E-state index contributed by atoms with van der Waals surface area (Å²) in [5, 5.41) is 9.18. The van der Waals surface area contributed by atoms with Gasteiger partial charge in [0.05, 0.1) is 17.8 Å². The molecule has 0 radical (unpaired) electrons. The zero-order chi connectivity index (χ0) is 12.9. The lowest BCUT2D eigenvalue weighted by Gasteiger charge is -2.23. The van der Waals surface area contributed by atoms with Crippen molar-refractivity contribution in [3.05, 3.63) is 0 Å². The number of carboxylic acid groups (broad SMARTS) is 1. The third kappa shape index (κ3) is 3.93. The highest BCUT2D eigenvalue weighted by Crippen LogP contribution is 2.37. The molecule has 7 heteroatoms. The maximum Gasteiger partial charge on any atom is 0.310 e. The molecule has 0 unspecified atom stereocenters. The molecule has 100 valence electrons. The number of ether oxygens (including phenoxy) is 1. The molecule has 0 aromatic rings. The molecule has 1 rings (SSSR count). The van der Waals surface area contributed by atoms with E-state index in [0.717, 1.165) is 12.8 Å². The van der Waals surface area contributed by atoms with Crippen LogP contribution in [0.25, 0.3) is 0 Å². The Hall–Kier alpha value is -0.660. The van der Waals surface area contributed by atoms with Crippen LogP contribution in [0.3, 0.4) is 0 Å². The molecular weight excluding hydrogens is 246 g/mol. The zero-order valence-electron chi connectivity index (χ0n) is 9.94. The minimum absolute atomic E-state index is 0.0195. The molecule has 0 heterocycles. The van der Waals surface area contributed by atoms with E-state index in [1.54, 1.807) is 0 Å². The standard InChI is InChI=1S/C10H19NO5S/c1-16-6-7-17(14,15)11-8-10(9(12)13)4-2-3-5-10/h11H,2-8H2,1H3,(H,12,13). The van der Waals surface area contributed by atoms with Crippen LogP contribution in [0.4, 0.5) is 0 Å². The zero-order valence-corrected chi connectivity index (χ0v) is 10.8. The van der Waals surface area contributed by atoms with E-state index in [1.165, 1.54) is 7.11 Å². The third-order valence-electron chi connectivity index (χ3n) is 3.20. The Kier molecular flexibility index (Phi) is 4.91. The van der Waals surface area contributed by atoms with Gasteiger partial charge in [0.1, 0.15) is 0 Å². The molecule has 1 saturated carbocycles. The molecule has 1 aliphatic carbocycles. The molecule has 17 heavy (non-hydrogen) atoms. The van der Waals surface area contributed by atoms with Gasteiger partial charge in [-0.2, -0.15) is 0 Å². The number of carboxylic acids is 1. The normalized spacial score (nSPS) is 19.4. The molecule has 6 nitrogen and oxygen atoms in total. The highest BCUT2D eigenvalue weighted by atomic mass is 32.2. The fourth-order valence-electron chi connectivity index (χ4n) is 2.03. The van der Waals surface area contributed by atoms with Crippen LogP contribution >= 0.6 is 0 Å². The van der Waals surface area contributed by atoms with Crippen LogP contribution in [-0.2, 0) is 19.6 Å². The Bertz CT molecular complexity index is 359. The summed E-state index contributed by atoms with van der Waals surface area (Å²) >= 11 is 0. The number of sulfonamides is 1. The molecule has 0 aliphatic heterocycles. The summed E-state index contributed by atoms with van der Waals surface area (Å²) in [6.45, 7) is 0.0871. The molecule has 1 fully saturated rings. The van der Waals surface area contributed by atoms with E-state index < -0.39 is 21.4 Å². The first-order valence-electron chi connectivity index (χ1n) is 5.62. The van der Waals surface area contributed by atoms with E-state index in [4.69, 9.17) is 0 Å². The SMILES string of the molecule is COCCS(=O)(=O)NCC1(C(=O)O)CCCC1. The maximum absolute atomic E-state index is 11.5. The molecule has 1 aliphatic rings. The van der Waals surface area contributed by atoms with Crippen molar-refractivity contribution in [3.63, 3.8) is 0 Å². The highest BCUT2D eigenvalue weighted by molar-refractivity contribution is 7.89. The second kappa shape index (κ2) is 5.79. The van der Waals surface area contributed by atoms with Crippen molar-refractivity contribution < 1.29 is 23.1 Å². The fraction of sp³-hybridized carbons (Fsp3) is 0.900. The molecule has 2 N–H and O–H groups in total. The number of aliphatic carboxylic acids is 1. The maximum atomic E-state index is 11.5. The summed E-state index contributed by atoms with van der Waals surface area (Å²) in [5.74, 6) is -1.05. The number of methoxy groups -OCH3 is 1. The first kappa shape index (κ1) is 14.4. The van der Waals surface area contributed by atoms with E-state index in [-0.39, 0.29) is 18.9 Å². The van der Waals surface area contributed by atoms with Crippen LogP contribution in [0, 0.1) is 5.41 Å². The van der Waals surface area contributed by atoms with Crippen LogP contribution in [-0.4, -0.2) is 45.5 Å². The fourth-order valence-corrected chi connectivity index (χ4v) is 3.06. The summed E-state index contributed by atoms with van der Waals surface area (Å²) in [7, 11) is -2.02. The minimum Gasteiger partial charge on any atom is -0.481 e.